The van der Waals surface area contributed by atoms with Crippen LogP contribution in [0, 0.1) is 0 Å². The number of para-hydroxylation sites is 1. The van der Waals surface area contributed by atoms with Crippen molar-refractivity contribution in [3.8, 4) is 16.9 Å². The highest BCUT2D eigenvalue weighted by Crippen LogP contribution is 2.34. The minimum atomic E-state index is -4.60. The molecule has 0 bridgehead atoms. The van der Waals surface area contributed by atoms with Crippen molar-refractivity contribution in [2.75, 3.05) is 26.2 Å². The van der Waals surface area contributed by atoms with Crippen molar-refractivity contribution in [2.45, 2.75) is 26.4 Å². The number of hydrogen-bond acceptors (Lipinski definition) is 3. The minimum absolute atomic E-state index is 0.224. The predicted octanol–water partition coefficient (Wildman–Crippen LogP) is 5.67. The van der Waals surface area contributed by atoms with Crippen molar-refractivity contribution in [1.29, 1.82) is 0 Å². The van der Waals surface area contributed by atoms with Crippen LogP contribution >= 0.6 is 11.6 Å². The van der Waals surface area contributed by atoms with Crippen LogP contribution in [0.2, 0.25) is 5.02 Å². The second-order valence-corrected chi connectivity index (χ2v) is 7.90. The lowest BCUT2D eigenvalue weighted by atomic mass is 10.1. The molecule has 0 spiro atoms. The molecular formula is C24H26ClF3N4O. The molecule has 2 aromatic carbocycles. The average molecular weight is 479 g/mol. The number of halogens is 4. The van der Waals surface area contributed by atoms with Crippen LogP contribution in [-0.4, -0.2) is 46.8 Å². The third kappa shape index (κ3) is 6.15. The Kier molecular flexibility index (Phi) is 8.15. The topological polar surface area (TPSA) is 50.2 Å². The Balaban J connectivity index is 1.79. The third-order valence-corrected chi connectivity index (χ3v) is 5.67. The quantitative estimate of drug-likeness (QED) is 0.403. The standard InChI is InChI=1S/C24H26ClF3N4O/c1-3-31(4-2)15-7-14-29-23(33)18-12-10-17(11-13-18)21-16-22(24(26,27)28)30-32(21)20-9-6-5-8-19(20)25/h5-6,8-13,16H,3-4,7,14-15H2,1-2H3,(H,29,33). The maximum absolute atomic E-state index is 13.4. The molecule has 1 aromatic heterocycles. The summed E-state index contributed by atoms with van der Waals surface area (Å²) in [6.45, 7) is 7.57. The lowest BCUT2D eigenvalue weighted by molar-refractivity contribution is -0.141. The van der Waals surface area contributed by atoms with Gasteiger partial charge in [0.15, 0.2) is 5.69 Å². The highest BCUT2D eigenvalue weighted by atomic mass is 35.5. The monoisotopic (exact) mass is 478 g/mol. The lowest BCUT2D eigenvalue weighted by Gasteiger charge is -2.17. The zero-order chi connectivity index (χ0) is 24.0. The van der Waals surface area contributed by atoms with Crippen LogP contribution in [0.3, 0.4) is 0 Å². The molecule has 1 N–H and O–H groups in total. The van der Waals surface area contributed by atoms with E-state index in [4.69, 9.17) is 11.6 Å². The molecule has 176 valence electrons. The largest absolute Gasteiger partial charge is 0.435 e. The van der Waals surface area contributed by atoms with Crippen LogP contribution in [0.1, 0.15) is 36.3 Å². The van der Waals surface area contributed by atoms with Crippen molar-refractivity contribution in [1.82, 2.24) is 20.0 Å². The average Bonchev–Trinajstić information content (AvgIpc) is 3.25. The maximum Gasteiger partial charge on any atom is 0.435 e. The molecule has 0 aliphatic rings. The number of amides is 1. The van der Waals surface area contributed by atoms with E-state index < -0.39 is 11.9 Å². The Morgan fingerprint density at radius 1 is 1.09 bits per heavy atom. The van der Waals surface area contributed by atoms with Gasteiger partial charge in [-0.1, -0.05) is 49.7 Å². The van der Waals surface area contributed by atoms with Crippen molar-refractivity contribution in [2.24, 2.45) is 0 Å². The Bertz CT molecular complexity index is 1080. The van der Waals surface area contributed by atoms with Crippen LogP contribution in [0.15, 0.2) is 54.6 Å². The molecule has 0 aliphatic heterocycles. The molecule has 0 saturated heterocycles. The summed E-state index contributed by atoms with van der Waals surface area (Å²) in [4.78, 5) is 14.7. The summed E-state index contributed by atoms with van der Waals surface area (Å²) in [5.41, 5.74) is 0.450. The van der Waals surface area contributed by atoms with E-state index in [2.05, 4.69) is 29.2 Å². The molecule has 0 fully saturated rings. The second kappa shape index (κ2) is 10.9. The van der Waals surface area contributed by atoms with Crippen molar-refractivity contribution >= 4 is 17.5 Å². The van der Waals surface area contributed by atoms with Gasteiger partial charge in [0.25, 0.3) is 5.91 Å². The van der Waals surface area contributed by atoms with E-state index in [1.165, 1.54) is 4.68 Å². The van der Waals surface area contributed by atoms with Crippen LogP contribution in [0.4, 0.5) is 13.2 Å². The fourth-order valence-corrected chi connectivity index (χ4v) is 3.69. The summed E-state index contributed by atoms with van der Waals surface area (Å²) in [7, 11) is 0. The van der Waals surface area contributed by atoms with Crippen LogP contribution in [0.25, 0.3) is 16.9 Å². The number of nitrogens with zero attached hydrogens (tertiary/aromatic N) is 3. The number of benzene rings is 2. The molecule has 0 unspecified atom stereocenters. The van der Waals surface area contributed by atoms with E-state index in [1.54, 1.807) is 48.5 Å². The minimum Gasteiger partial charge on any atom is -0.352 e. The zero-order valence-electron chi connectivity index (χ0n) is 18.5. The summed E-state index contributed by atoms with van der Waals surface area (Å²) in [6, 6.07) is 13.9. The summed E-state index contributed by atoms with van der Waals surface area (Å²) in [5, 5.41) is 6.90. The van der Waals surface area contributed by atoms with Gasteiger partial charge in [-0.15, -0.1) is 0 Å². The van der Waals surface area contributed by atoms with Crippen molar-refractivity contribution in [3.05, 3.63) is 70.9 Å². The Morgan fingerprint density at radius 3 is 2.36 bits per heavy atom. The number of alkyl halides is 3. The predicted molar refractivity (Wildman–Crippen MR) is 124 cm³/mol. The van der Waals surface area contributed by atoms with Gasteiger partial charge in [0.1, 0.15) is 0 Å². The summed E-state index contributed by atoms with van der Waals surface area (Å²) >= 11 is 6.21. The van der Waals surface area contributed by atoms with Gasteiger partial charge < -0.3 is 10.2 Å². The zero-order valence-corrected chi connectivity index (χ0v) is 19.2. The molecule has 1 amide bonds. The van der Waals surface area contributed by atoms with E-state index in [-0.39, 0.29) is 16.6 Å². The van der Waals surface area contributed by atoms with E-state index in [9.17, 15) is 18.0 Å². The van der Waals surface area contributed by atoms with Gasteiger partial charge in [0.05, 0.1) is 16.4 Å². The highest BCUT2D eigenvalue weighted by Gasteiger charge is 2.35. The Labute approximate surface area is 196 Å². The first-order valence-corrected chi connectivity index (χ1v) is 11.2. The fraction of sp³-hybridized carbons (Fsp3) is 0.333. The van der Waals surface area contributed by atoms with Crippen LogP contribution < -0.4 is 5.32 Å². The first kappa shape index (κ1) is 24.8. The van der Waals surface area contributed by atoms with E-state index in [0.717, 1.165) is 32.1 Å². The number of rotatable bonds is 9. The molecule has 0 radical (unpaired) electrons. The maximum atomic E-state index is 13.4. The number of hydrogen-bond donors (Lipinski definition) is 1. The van der Waals surface area contributed by atoms with Gasteiger partial charge >= 0.3 is 6.18 Å². The van der Waals surface area contributed by atoms with Gasteiger partial charge in [0.2, 0.25) is 0 Å². The molecule has 3 aromatic rings. The number of aromatic nitrogens is 2. The van der Waals surface area contributed by atoms with Crippen molar-refractivity contribution < 1.29 is 18.0 Å². The van der Waals surface area contributed by atoms with Crippen LogP contribution in [0.5, 0.6) is 0 Å². The smallest absolute Gasteiger partial charge is 0.352 e. The molecule has 1 heterocycles. The van der Waals surface area contributed by atoms with Gasteiger partial charge in [-0.05, 0) is 56.4 Å². The van der Waals surface area contributed by atoms with Crippen LogP contribution in [-0.2, 0) is 6.18 Å². The van der Waals surface area contributed by atoms with Crippen molar-refractivity contribution in [3.63, 3.8) is 0 Å². The SMILES string of the molecule is CCN(CC)CCCNC(=O)c1ccc(-c2cc(C(F)(F)F)nn2-c2ccccc2Cl)cc1. The highest BCUT2D eigenvalue weighted by molar-refractivity contribution is 6.32. The normalized spacial score (nSPS) is 11.7. The van der Waals surface area contributed by atoms with E-state index in [0.29, 0.717) is 23.4 Å². The fourth-order valence-electron chi connectivity index (χ4n) is 3.47. The first-order valence-electron chi connectivity index (χ1n) is 10.8. The molecule has 9 heteroatoms. The molecule has 0 saturated carbocycles. The number of carbonyl (C=O) groups excluding carboxylic acids is 1. The van der Waals surface area contributed by atoms with Gasteiger partial charge in [-0.25, -0.2) is 4.68 Å². The first-order chi connectivity index (χ1) is 15.7. The molecule has 0 aliphatic carbocycles. The summed E-state index contributed by atoms with van der Waals surface area (Å²) in [6.07, 6.45) is -3.77. The van der Waals surface area contributed by atoms with E-state index in [1.807, 2.05) is 0 Å². The Morgan fingerprint density at radius 2 is 1.76 bits per heavy atom. The summed E-state index contributed by atoms with van der Waals surface area (Å²) < 4.78 is 41.3. The molecular weight excluding hydrogens is 453 g/mol. The third-order valence-electron chi connectivity index (χ3n) is 5.35. The lowest BCUT2D eigenvalue weighted by Crippen LogP contribution is -2.29. The molecule has 33 heavy (non-hydrogen) atoms. The Hall–Kier alpha value is -2.84. The number of nitrogens with one attached hydrogen (secondary N) is 1. The number of carbonyl (C=O) groups is 1. The summed E-state index contributed by atoms with van der Waals surface area (Å²) in [5.74, 6) is -0.225. The van der Waals surface area contributed by atoms with Gasteiger partial charge in [-0.3, -0.25) is 4.79 Å². The molecule has 5 nitrogen and oxygen atoms in total. The van der Waals surface area contributed by atoms with Gasteiger partial charge in [0, 0.05) is 17.7 Å². The van der Waals surface area contributed by atoms with E-state index >= 15 is 0 Å². The second-order valence-electron chi connectivity index (χ2n) is 7.49. The molecule has 3 rings (SSSR count). The van der Waals surface area contributed by atoms with Gasteiger partial charge in [-0.2, -0.15) is 18.3 Å². The molecule has 0 atom stereocenters.